The van der Waals surface area contributed by atoms with Crippen molar-refractivity contribution in [3.8, 4) is 0 Å². The van der Waals surface area contributed by atoms with Crippen LogP contribution < -0.4 is 0 Å². The number of ether oxygens (including phenoxy) is 2. The molecule has 6 heteroatoms. The molecule has 0 aromatic heterocycles. The number of carbonyl (C=O) groups is 3. The molecule has 6 nitrogen and oxygen atoms in total. The maximum atomic E-state index is 12.5. The first-order valence-electron chi connectivity index (χ1n) is 14.7. The largest absolute Gasteiger partial charge is 0.478 e. The maximum Gasteiger partial charge on any atom is 0.339 e. The third-order valence-electron chi connectivity index (χ3n) is 6.67. The Balaban J connectivity index is 2.34. The lowest BCUT2D eigenvalue weighted by atomic mass is 10.0. The van der Waals surface area contributed by atoms with E-state index >= 15 is 0 Å². The van der Waals surface area contributed by atoms with Crippen LogP contribution in [-0.4, -0.2) is 36.2 Å². The molecule has 0 radical (unpaired) electrons. The molecule has 0 aliphatic rings. The average Bonchev–Trinajstić information content (AvgIpc) is 2.90. The normalized spacial score (nSPS) is 10.9. The number of esters is 2. The van der Waals surface area contributed by atoms with E-state index in [-0.39, 0.29) is 23.3 Å². The van der Waals surface area contributed by atoms with Gasteiger partial charge in [0.15, 0.2) is 0 Å². The van der Waals surface area contributed by atoms with Gasteiger partial charge in [-0.3, -0.25) is 0 Å². The first-order chi connectivity index (χ1) is 18.0. The van der Waals surface area contributed by atoms with Crippen LogP contribution in [0.2, 0.25) is 0 Å². The minimum Gasteiger partial charge on any atom is -0.478 e. The maximum absolute atomic E-state index is 12.5. The fourth-order valence-corrected chi connectivity index (χ4v) is 4.34. The van der Waals surface area contributed by atoms with E-state index in [4.69, 9.17) is 9.47 Å². The number of carboxylic acid groups (broad SMARTS) is 1. The highest BCUT2D eigenvalue weighted by Gasteiger charge is 2.20. The third-order valence-corrected chi connectivity index (χ3v) is 6.67. The summed E-state index contributed by atoms with van der Waals surface area (Å²) < 4.78 is 10.6. The van der Waals surface area contributed by atoms with Gasteiger partial charge in [-0.2, -0.15) is 0 Å². The predicted octanol–water partition coefficient (Wildman–Crippen LogP) is 8.76. The molecule has 0 aliphatic carbocycles. The highest BCUT2D eigenvalue weighted by Crippen LogP contribution is 2.16. The minimum atomic E-state index is -1.27. The molecule has 210 valence electrons. The van der Waals surface area contributed by atoms with Crippen molar-refractivity contribution in [2.24, 2.45) is 0 Å². The molecule has 0 spiro atoms. The van der Waals surface area contributed by atoms with Gasteiger partial charge in [0.1, 0.15) is 0 Å². The van der Waals surface area contributed by atoms with Crippen molar-refractivity contribution in [1.82, 2.24) is 0 Å². The summed E-state index contributed by atoms with van der Waals surface area (Å²) in [6.45, 7) is 4.99. The van der Waals surface area contributed by atoms with Gasteiger partial charge in [0.2, 0.25) is 0 Å². The van der Waals surface area contributed by atoms with Gasteiger partial charge in [-0.25, -0.2) is 14.4 Å². The molecule has 0 fully saturated rings. The van der Waals surface area contributed by atoms with Gasteiger partial charge in [-0.05, 0) is 31.0 Å². The summed E-state index contributed by atoms with van der Waals surface area (Å²) in [5.41, 5.74) is -0.155. The summed E-state index contributed by atoms with van der Waals surface area (Å²) in [7, 11) is 0. The third kappa shape index (κ3) is 15.5. The molecule has 0 aliphatic heterocycles. The Labute approximate surface area is 224 Å². The molecule has 0 saturated heterocycles. The fourth-order valence-electron chi connectivity index (χ4n) is 4.34. The van der Waals surface area contributed by atoms with Crippen LogP contribution >= 0.6 is 0 Å². The Hall–Kier alpha value is -2.37. The van der Waals surface area contributed by atoms with Crippen LogP contribution in [0.15, 0.2) is 18.2 Å². The molecular weight excluding hydrogens is 468 g/mol. The van der Waals surface area contributed by atoms with E-state index in [1.165, 1.54) is 95.2 Å². The molecule has 0 unspecified atom stereocenters. The number of hydrogen-bond acceptors (Lipinski definition) is 5. The SMILES string of the molecule is CCCCCCCCCCCOC(=O)c1ccc(C(=O)OCCCCCCCCCCC)c(C(=O)O)c1. The van der Waals surface area contributed by atoms with Gasteiger partial charge in [0.05, 0.1) is 29.9 Å². The van der Waals surface area contributed by atoms with E-state index in [0.29, 0.717) is 6.61 Å². The van der Waals surface area contributed by atoms with Crippen molar-refractivity contribution in [3.05, 3.63) is 34.9 Å². The molecule has 0 amide bonds. The van der Waals surface area contributed by atoms with Crippen molar-refractivity contribution in [3.63, 3.8) is 0 Å². The Kier molecular flexibility index (Phi) is 19.1. The van der Waals surface area contributed by atoms with E-state index in [1.807, 2.05) is 0 Å². The number of rotatable bonds is 23. The smallest absolute Gasteiger partial charge is 0.339 e. The van der Waals surface area contributed by atoms with Crippen LogP contribution in [0.5, 0.6) is 0 Å². The van der Waals surface area contributed by atoms with Gasteiger partial charge in [0.25, 0.3) is 0 Å². The number of hydrogen-bond donors (Lipinski definition) is 1. The van der Waals surface area contributed by atoms with Crippen LogP contribution in [0.4, 0.5) is 0 Å². The van der Waals surface area contributed by atoms with Crippen molar-refractivity contribution < 1.29 is 29.0 Å². The molecule has 37 heavy (non-hydrogen) atoms. The molecule has 1 N–H and O–H groups in total. The number of unbranched alkanes of at least 4 members (excludes halogenated alkanes) is 16. The van der Waals surface area contributed by atoms with Crippen molar-refractivity contribution in [2.45, 2.75) is 129 Å². The second-order valence-electron chi connectivity index (χ2n) is 9.99. The monoisotopic (exact) mass is 518 g/mol. The van der Waals surface area contributed by atoms with Gasteiger partial charge in [0, 0.05) is 0 Å². The Morgan fingerprint density at radius 2 is 0.973 bits per heavy atom. The molecule has 0 heterocycles. The quantitative estimate of drug-likeness (QED) is 0.115. The topological polar surface area (TPSA) is 89.9 Å². The molecule has 1 aromatic rings. The number of carboxylic acids is 1. The van der Waals surface area contributed by atoms with E-state index in [1.54, 1.807) is 0 Å². The molecule has 1 aromatic carbocycles. The highest BCUT2D eigenvalue weighted by atomic mass is 16.5. The summed E-state index contributed by atoms with van der Waals surface area (Å²) in [5.74, 6) is -2.52. The average molecular weight is 519 g/mol. The summed E-state index contributed by atoms with van der Waals surface area (Å²) in [6.07, 6.45) is 21.0. The van der Waals surface area contributed by atoms with Gasteiger partial charge in [-0.15, -0.1) is 0 Å². The summed E-state index contributed by atoms with van der Waals surface area (Å²) in [6, 6.07) is 3.98. The standard InChI is InChI=1S/C31H50O6/c1-3-5-7-9-11-13-15-17-19-23-36-30(34)26-21-22-27(28(25-26)29(32)33)31(35)37-24-20-18-16-14-12-10-8-6-4-2/h21-22,25H,3-20,23-24H2,1-2H3,(H,32,33). The Morgan fingerprint density at radius 1 is 0.568 bits per heavy atom. The second kappa shape index (κ2) is 21.7. The molecule has 1 rings (SSSR count). The van der Waals surface area contributed by atoms with E-state index < -0.39 is 17.9 Å². The van der Waals surface area contributed by atoms with Gasteiger partial charge < -0.3 is 14.6 Å². The van der Waals surface area contributed by atoms with Crippen LogP contribution in [0, 0.1) is 0 Å². The second-order valence-corrected chi connectivity index (χ2v) is 9.99. The summed E-state index contributed by atoms with van der Waals surface area (Å²) >= 11 is 0. The summed E-state index contributed by atoms with van der Waals surface area (Å²) in [4.78, 5) is 36.6. The first kappa shape index (κ1) is 32.7. The van der Waals surface area contributed by atoms with Crippen LogP contribution in [0.1, 0.15) is 160 Å². The van der Waals surface area contributed by atoms with Gasteiger partial charge >= 0.3 is 17.9 Å². The molecule has 0 bridgehead atoms. The van der Waals surface area contributed by atoms with Gasteiger partial charge in [-0.1, -0.05) is 117 Å². The Bertz CT molecular complexity index is 773. The lowest BCUT2D eigenvalue weighted by Gasteiger charge is -2.10. The summed E-state index contributed by atoms with van der Waals surface area (Å²) in [5, 5.41) is 9.57. The lowest BCUT2D eigenvalue weighted by Crippen LogP contribution is -2.15. The Morgan fingerprint density at radius 3 is 1.41 bits per heavy atom. The zero-order chi connectivity index (χ0) is 27.1. The highest BCUT2D eigenvalue weighted by molar-refractivity contribution is 6.04. The predicted molar refractivity (Wildman–Crippen MR) is 148 cm³/mol. The van der Waals surface area contributed by atoms with Crippen molar-refractivity contribution >= 4 is 17.9 Å². The van der Waals surface area contributed by atoms with Crippen LogP contribution in [0.3, 0.4) is 0 Å². The van der Waals surface area contributed by atoms with E-state index in [0.717, 1.165) is 38.5 Å². The number of aromatic carboxylic acids is 1. The minimum absolute atomic E-state index is 0.0427. The van der Waals surface area contributed by atoms with E-state index in [2.05, 4.69) is 13.8 Å². The van der Waals surface area contributed by atoms with Crippen molar-refractivity contribution in [2.75, 3.05) is 13.2 Å². The number of benzene rings is 1. The van der Waals surface area contributed by atoms with Crippen LogP contribution in [-0.2, 0) is 9.47 Å². The number of carbonyl (C=O) groups excluding carboxylic acids is 2. The molecular formula is C31H50O6. The zero-order valence-corrected chi connectivity index (χ0v) is 23.4. The lowest BCUT2D eigenvalue weighted by molar-refractivity contribution is 0.0477. The van der Waals surface area contributed by atoms with E-state index in [9.17, 15) is 19.5 Å². The molecule has 0 saturated carbocycles. The fraction of sp³-hybridized carbons (Fsp3) is 0.710. The van der Waals surface area contributed by atoms with Crippen molar-refractivity contribution in [1.29, 1.82) is 0 Å². The van der Waals surface area contributed by atoms with Crippen LogP contribution in [0.25, 0.3) is 0 Å². The first-order valence-corrected chi connectivity index (χ1v) is 14.7. The molecule has 0 atom stereocenters. The zero-order valence-electron chi connectivity index (χ0n) is 23.4.